The monoisotopic (exact) mass is 470 g/mol. The van der Waals surface area contributed by atoms with Crippen LogP contribution in [-0.2, 0) is 17.9 Å². The van der Waals surface area contributed by atoms with Crippen LogP contribution in [0.5, 0.6) is 0 Å². The number of hydrogen-bond donors (Lipinski definition) is 3. The predicted octanol–water partition coefficient (Wildman–Crippen LogP) is 3.89. The number of anilines is 1. The number of halogens is 1. The summed E-state index contributed by atoms with van der Waals surface area (Å²) < 4.78 is 5.31. The summed E-state index contributed by atoms with van der Waals surface area (Å²) >= 11 is 0. The minimum Gasteiger partial charge on any atom is -0.467 e. The van der Waals surface area contributed by atoms with Crippen LogP contribution in [0.25, 0.3) is 0 Å². The lowest BCUT2D eigenvalue weighted by Crippen LogP contribution is -2.36. The van der Waals surface area contributed by atoms with Crippen LogP contribution in [0.3, 0.4) is 0 Å². The molecule has 0 aliphatic heterocycles. The molecule has 142 valence electrons. The van der Waals surface area contributed by atoms with Crippen LogP contribution in [-0.4, -0.2) is 18.4 Å². The molecule has 0 saturated carbocycles. The molecule has 1 heterocycles. The third kappa shape index (κ3) is 7.90. The standard InChI is InChI=1S/C19H26N4O2.HI/c1-3-7-18(24)23-16-9-5-8-15(12-16)13-21-19(20-4-2)22-14-17-10-6-11-25-17;/h5-6,8-12H,3-4,7,13-14H2,1-2H3,(H,23,24)(H2,20,21,22);1H. The second-order valence-corrected chi connectivity index (χ2v) is 5.63. The first kappa shape index (κ1) is 22.0. The Morgan fingerprint density at radius 2 is 2.00 bits per heavy atom. The maximum absolute atomic E-state index is 11.7. The molecular formula is C19H27IN4O2. The Morgan fingerprint density at radius 3 is 2.69 bits per heavy atom. The molecule has 0 aliphatic rings. The normalized spacial score (nSPS) is 10.8. The zero-order chi connectivity index (χ0) is 17.9. The van der Waals surface area contributed by atoms with E-state index in [2.05, 4.69) is 20.9 Å². The number of nitrogens with zero attached hydrogens (tertiary/aromatic N) is 1. The Morgan fingerprint density at radius 1 is 1.15 bits per heavy atom. The third-order valence-electron chi connectivity index (χ3n) is 3.46. The Bertz CT molecular complexity index is 687. The summed E-state index contributed by atoms with van der Waals surface area (Å²) in [5, 5.41) is 9.35. The number of rotatable bonds is 8. The van der Waals surface area contributed by atoms with Crippen molar-refractivity contribution in [1.82, 2.24) is 10.6 Å². The van der Waals surface area contributed by atoms with Crippen LogP contribution in [0, 0.1) is 0 Å². The van der Waals surface area contributed by atoms with Crippen LogP contribution in [0.15, 0.2) is 52.1 Å². The molecule has 6 nitrogen and oxygen atoms in total. The molecule has 0 spiro atoms. The van der Waals surface area contributed by atoms with Crippen LogP contribution in [0.1, 0.15) is 38.0 Å². The molecule has 1 amide bonds. The van der Waals surface area contributed by atoms with E-state index in [0.29, 0.717) is 19.5 Å². The molecular weight excluding hydrogens is 443 g/mol. The molecule has 26 heavy (non-hydrogen) atoms. The Hall–Kier alpha value is -2.03. The van der Waals surface area contributed by atoms with Crippen molar-refractivity contribution in [3.05, 3.63) is 54.0 Å². The summed E-state index contributed by atoms with van der Waals surface area (Å²) in [6.07, 6.45) is 3.02. The zero-order valence-electron chi connectivity index (χ0n) is 15.2. The molecule has 2 aromatic rings. The maximum Gasteiger partial charge on any atom is 0.224 e. The van der Waals surface area contributed by atoms with Crippen LogP contribution in [0.2, 0.25) is 0 Å². The topological polar surface area (TPSA) is 78.7 Å². The number of amides is 1. The van der Waals surface area contributed by atoms with Crippen molar-refractivity contribution in [2.75, 3.05) is 11.9 Å². The van der Waals surface area contributed by atoms with Crippen molar-refractivity contribution >= 4 is 41.5 Å². The van der Waals surface area contributed by atoms with E-state index in [1.807, 2.05) is 50.2 Å². The van der Waals surface area contributed by atoms with Gasteiger partial charge in [0.25, 0.3) is 0 Å². The summed E-state index contributed by atoms with van der Waals surface area (Å²) in [6.45, 7) is 5.88. The molecule has 0 saturated heterocycles. The molecule has 1 aromatic heterocycles. The van der Waals surface area contributed by atoms with Gasteiger partial charge in [0.1, 0.15) is 5.76 Å². The van der Waals surface area contributed by atoms with E-state index >= 15 is 0 Å². The van der Waals surface area contributed by atoms with Crippen LogP contribution < -0.4 is 16.0 Å². The van der Waals surface area contributed by atoms with Gasteiger partial charge in [0, 0.05) is 18.7 Å². The molecule has 0 bridgehead atoms. The quantitative estimate of drug-likeness (QED) is 0.311. The summed E-state index contributed by atoms with van der Waals surface area (Å²) in [6, 6.07) is 11.5. The minimum atomic E-state index is 0. The fraction of sp³-hybridized carbons (Fsp3) is 0.368. The highest BCUT2D eigenvalue weighted by molar-refractivity contribution is 14.0. The summed E-state index contributed by atoms with van der Waals surface area (Å²) in [4.78, 5) is 16.3. The molecule has 0 unspecified atom stereocenters. The number of guanidine groups is 1. The number of nitrogens with one attached hydrogen (secondary N) is 3. The lowest BCUT2D eigenvalue weighted by molar-refractivity contribution is -0.116. The zero-order valence-corrected chi connectivity index (χ0v) is 17.6. The van der Waals surface area contributed by atoms with Crippen LogP contribution >= 0.6 is 24.0 Å². The first-order valence-electron chi connectivity index (χ1n) is 8.64. The molecule has 2 rings (SSSR count). The van der Waals surface area contributed by atoms with E-state index in [1.165, 1.54) is 0 Å². The number of aliphatic imine (C=N–C) groups is 1. The highest BCUT2D eigenvalue weighted by Crippen LogP contribution is 2.12. The summed E-state index contributed by atoms with van der Waals surface area (Å²) in [5.74, 6) is 1.61. The highest BCUT2D eigenvalue weighted by atomic mass is 127. The van der Waals surface area contributed by atoms with Crippen molar-refractivity contribution in [2.45, 2.75) is 39.8 Å². The first-order valence-corrected chi connectivity index (χ1v) is 8.64. The van der Waals surface area contributed by atoms with E-state index in [9.17, 15) is 4.79 Å². The average Bonchev–Trinajstić information content (AvgIpc) is 3.11. The van der Waals surface area contributed by atoms with E-state index in [4.69, 9.17) is 4.42 Å². The van der Waals surface area contributed by atoms with Gasteiger partial charge in [0.05, 0.1) is 19.4 Å². The second-order valence-electron chi connectivity index (χ2n) is 5.63. The van der Waals surface area contributed by atoms with E-state index in [1.54, 1.807) is 6.26 Å². The van der Waals surface area contributed by atoms with E-state index < -0.39 is 0 Å². The number of furan rings is 1. The van der Waals surface area contributed by atoms with E-state index in [0.717, 1.165) is 35.9 Å². The van der Waals surface area contributed by atoms with Gasteiger partial charge in [-0.15, -0.1) is 24.0 Å². The van der Waals surface area contributed by atoms with Gasteiger partial charge in [-0.05, 0) is 43.2 Å². The number of carbonyl (C=O) groups excluding carboxylic acids is 1. The Labute approximate surface area is 171 Å². The number of carbonyl (C=O) groups is 1. The largest absolute Gasteiger partial charge is 0.467 e. The van der Waals surface area contributed by atoms with Crippen molar-refractivity contribution in [3.63, 3.8) is 0 Å². The van der Waals surface area contributed by atoms with Gasteiger partial charge in [0.15, 0.2) is 5.96 Å². The smallest absolute Gasteiger partial charge is 0.224 e. The van der Waals surface area contributed by atoms with Gasteiger partial charge in [-0.2, -0.15) is 0 Å². The minimum absolute atomic E-state index is 0. The fourth-order valence-corrected chi connectivity index (χ4v) is 2.29. The lowest BCUT2D eigenvalue weighted by atomic mass is 10.2. The SMILES string of the molecule is CCCC(=O)Nc1cccc(CN=C(NCC)NCc2ccco2)c1.I. The van der Waals surface area contributed by atoms with Gasteiger partial charge in [-0.3, -0.25) is 4.79 Å². The van der Waals surface area contributed by atoms with Crippen molar-refractivity contribution in [1.29, 1.82) is 0 Å². The second kappa shape index (κ2) is 12.3. The van der Waals surface area contributed by atoms with Gasteiger partial charge < -0.3 is 20.4 Å². The van der Waals surface area contributed by atoms with Gasteiger partial charge in [-0.1, -0.05) is 19.1 Å². The first-order chi connectivity index (χ1) is 12.2. The molecule has 1 aromatic carbocycles. The molecule has 7 heteroatoms. The third-order valence-corrected chi connectivity index (χ3v) is 3.46. The van der Waals surface area contributed by atoms with Crippen molar-refractivity contribution in [2.24, 2.45) is 4.99 Å². The van der Waals surface area contributed by atoms with Gasteiger partial charge in [-0.25, -0.2) is 4.99 Å². The average molecular weight is 470 g/mol. The summed E-state index contributed by atoms with van der Waals surface area (Å²) in [5.41, 5.74) is 1.84. The number of benzene rings is 1. The lowest BCUT2D eigenvalue weighted by Gasteiger charge is -2.10. The molecule has 0 radical (unpaired) electrons. The predicted molar refractivity (Wildman–Crippen MR) is 116 cm³/mol. The van der Waals surface area contributed by atoms with Gasteiger partial charge in [0.2, 0.25) is 5.91 Å². The molecule has 3 N–H and O–H groups in total. The Kier molecular flexibility index (Phi) is 10.5. The molecule has 0 aliphatic carbocycles. The maximum atomic E-state index is 11.7. The number of hydrogen-bond acceptors (Lipinski definition) is 3. The fourth-order valence-electron chi connectivity index (χ4n) is 2.29. The summed E-state index contributed by atoms with van der Waals surface area (Å²) in [7, 11) is 0. The Balaban J connectivity index is 0.00000338. The molecule has 0 atom stereocenters. The molecule has 0 fully saturated rings. The van der Waals surface area contributed by atoms with Crippen molar-refractivity contribution < 1.29 is 9.21 Å². The van der Waals surface area contributed by atoms with Crippen molar-refractivity contribution in [3.8, 4) is 0 Å². The van der Waals surface area contributed by atoms with Crippen LogP contribution in [0.4, 0.5) is 5.69 Å². The van der Waals surface area contributed by atoms with Gasteiger partial charge >= 0.3 is 0 Å². The highest BCUT2D eigenvalue weighted by Gasteiger charge is 2.03. The van der Waals surface area contributed by atoms with E-state index in [-0.39, 0.29) is 29.9 Å².